The predicted molar refractivity (Wildman–Crippen MR) is 73.8 cm³/mol. The van der Waals surface area contributed by atoms with Crippen LogP contribution < -0.4 is 4.74 Å². The Labute approximate surface area is 111 Å². The molecule has 2 aromatic rings. The van der Waals surface area contributed by atoms with Crippen LogP contribution in [-0.2, 0) is 0 Å². The summed E-state index contributed by atoms with van der Waals surface area (Å²) in [4.78, 5) is 0.958. The van der Waals surface area contributed by atoms with Crippen molar-refractivity contribution in [3.05, 3.63) is 52.2 Å². The van der Waals surface area contributed by atoms with Crippen molar-refractivity contribution in [2.24, 2.45) is 0 Å². The number of aliphatic hydroxyl groups excluding tert-OH is 1. The van der Waals surface area contributed by atoms with E-state index in [9.17, 15) is 5.11 Å². The highest BCUT2D eigenvalue weighted by molar-refractivity contribution is 7.10. The van der Waals surface area contributed by atoms with Gasteiger partial charge in [-0.3, -0.25) is 0 Å². The van der Waals surface area contributed by atoms with E-state index < -0.39 is 6.10 Å². The van der Waals surface area contributed by atoms with Crippen LogP contribution in [0.4, 0.5) is 0 Å². The monoisotopic (exact) mass is 258 g/mol. The standard InChI is InChI=1S/C15H14O2S/c1-2-17-13-7-5-12(6-8-13)15(16)10-9-14-4-3-11-18-14/h3-8,11,15-16H,2H2,1H3. The van der Waals surface area contributed by atoms with E-state index in [1.165, 1.54) is 0 Å². The molecule has 0 bridgehead atoms. The fourth-order valence-electron chi connectivity index (χ4n) is 1.49. The van der Waals surface area contributed by atoms with Gasteiger partial charge in [0.05, 0.1) is 11.5 Å². The van der Waals surface area contributed by atoms with Crippen molar-refractivity contribution in [2.75, 3.05) is 6.61 Å². The molecule has 1 aromatic carbocycles. The molecule has 0 aliphatic heterocycles. The molecule has 1 heterocycles. The number of benzene rings is 1. The van der Waals surface area contributed by atoms with Crippen molar-refractivity contribution < 1.29 is 9.84 Å². The molecule has 1 atom stereocenters. The first kappa shape index (κ1) is 12.7. The zero-order chi connectivity index (χ0) is 12.8. The lowest BCUT2D eigenvalue weighted by Gasteiger charge is -2.06. The molecule has 1 aromatic heterocycles. The summed E-state index contributed by atoms with van der Waals surface area (Å²) < 4.78 is 5.34. The van der Waals surface area contributed by atoms with E-state index in [0.29, 0.717) is 6.61 Å². The molecular formula is C15H14O2S. The first-order chi connectivity index (χ1) is 8.79. The topological polar surface area (TPSA) is 29.5 Å². The lowest BCUT2D eigenvalue weighted by atomic mass is 10.1. The lowest BCUT2D eigenvalue weighted by Crippen LogP contribution is -1.95. The van der Waals surface area contributed by atoms with Crippen LogP contribution in [0.5, 0.6) is 5.75 Å². The number of hydrogen-bond acceptors (Lipinski definition) is 3. The van der Waals surface area contributed by atoms with Crippen LogP contribution in [0.1, 0.15) is 23.5 Å². The Balaban J connectivity index is 2.06. The van der Waals surface area contributed by atoms with Crippen molar-refractivity contribution in [3.63, 3.8) is 0 Å². The Morgan fingerprint density at radius 2 is 2.06 bits per heavy atom. The molecule has 0 aliphatic carbocycles. The van der Waals surface area contributed by atoms with Crippen LogP contribution in [0.3, 0.4) is 0 Å². The van der Waals surface area contributed by atoms with Crippen LogP contribution in [0.25, 0.3) is 0 Å². The molecule has 1 N–H and O–H groups in total. The summed E-state index contributed by atoms with van der Waals surface area (Å²) in [5.41, 5.74) is 0.780. The average Bonchev–Trinajstić information content (AvgIpc) is 2.90. The molecule has 0 aliphatic rings. The number of aliphatic hydroxyl groups is 1. The Kier molecular flexibility index (Phi) is 4.40. The second kappa shape index (κ2) is 6.25. The molecule has 0 saturated carbocycles. The maximum Gasteiger partial charge on any atom is 0.140 e. The van der Waals surface area contributed by atoms with Crippen molar-refractivity contribution >= 4 is 11.3 Å². The Bertz CT molecular complexity index is 532. The largest absolute Gasteiger partial charge is 0.494 e. The first-order valence-electron chi connectivity index (χ1n) is 5.75. The van der Waals surface area contributed by atoms with Gasteiger partial charge >= 0.3 is 0 Å². The summed E-state index contributed by atoms with van der Waals surface area (Å²) in [6.45, 7) is 2.58. The van der Waals surface area contributed by atoms with Gasteiger partial charge in [-0.1, -0.05) is 30.0 Å². The Morgan fingerprint density at radius 3 is 2.67 bits per heavy atom. The van der Waals surface area contributed by atoms with E-state index in [0.717, 1.165) is 16.2 Å². The van der Waals surface area contributed by atoms with Crippen molar-refractivity contribution in [3.8, 4) is 17.6 Å². The van der Waals surface area contributed by atoms with Crippen molar-refractivity contribution in [1.82, 2.24) is 0 Å². The fourth-order valence-corrected chi connectivity index (χ4v) is 2.06. The second-order valence-corrected chi connectivity index (χ2v) is 4.60. The normalized spacial score (nSPS) is 11.4. The zero-order valence-electron chi connectivity index (χ0n) is 10.1. The van der Waals surface area contributed by atoms with Crippen molar-refractivity contribution in [1.29, 1.82) is 0 Å². The molecule has 92 valence electrons. The number of rotatable bonds is 3. The third kappa shape index (κ3) is 3.36. The van der Waals surface area contributed by atoms with Crippen LogP contribution in [0.15, 0.2) is 41.8 Å². The van der Waals surface area contributed by atoms with Gasteiger partial charge in [0.1, 0.15) is 11.9 Å². The maximum absolute atomic E-state index is 9.93. The van der Waals surface area contributed by atoms with E-state index in [2.05, 4.69) is 11.8 Å². The highest BCUT2D eigenvalue weighted by atomic mass is 32.1. The average molecular weight is 258 g/mol. The van der Waals surface area contributed by atoms with E-state index in [1.807, 2.05) is 48.7 Å². The Hall–Kier alpha value is -1.76. The summed E-state index contributed by atoms with van der Waals surface area (Å²) in [7, 11) is 0. The highest BCUT2D eigenvalue weighted by Gasteiger charge is 2.03. The van der Waals surface area contributed by atoms with E-state index in [-0.39, 0.29) is 0 Å². The van der Waals surface area contributed by atoms with Gasteiger partial charge < -0.3 is 9.84 Å². The molecule has 0 radical (unpaired) electrons. The summed E-state index contributed by atoms with van der Waals surface area (Å²) in [6, 6.07) is 11.2. The third-order valence-corrected chi connectivity index (χ3v) is 3.15. The molecule has 0 amide bonds. The van der Waals surface area contributed by atoms with Gasteiger partial charge in [0, 0.05) is 0 Å². The summed E-state index contributed by atoms with van der Waals surface area (Å²) >= 11 is 1.56. The zero-order valence-corrected chi connectivity index (χ0v) is 10.9. The predicted octanol–water partition coefficient (Wildman–Crippen LogP) is 3.23. The molecular weight excluding hydrogens is 244 g/mol. The van der Waals surface area contributed by atoms with Gasteiger partial charge in [-0.15, -0.1) is 11.3 Å². The number of ether oxygens (including phenoxy) is 1. The minimum absolute atomic E-state index is 0.639. The Morgan fingerprint density at radius 1 is 1.28 bits per heavy atom. The summed E-state index contributed by atoms with van der Waals surface area (Å²) in [6.07, 6.45) is -0.761. The van der Waals surface area contributed by atoms with E-state index >= 15 is 0 Å². The highest BCUT2D eigenvalue weighted by Crippen LogP contribution is 2.17. The minimum atomic E-state index is -0.761. The van der Waals surface area contributed by atoms with Gasteiger partial charge in [0.15, 0.2) is 0 Å². The minimum Gasteiger partial charge on any atom is -0.494 e. The quantitative estimate of drug-likeness (QED) is 0.856. The molecule has 2 rings (SSSR count). The van der Waals surface area contributed by atoms with Gasteiger partial charge in [-0.05, 0) is 36.1 Å². The smallest absolute Gasteiger partial charge is 0.140 e. The van der Waals surface area contributed by atoms with Gasteiger partial charge in [0.25, 0.3) is 0 Å². The first-order valence-corrected chi connectivity index (χ1v) is 6.63. The summed E-state index contributed by atoms with van der Waals surface area (Å²) in [5, 5.41) is 11.9. The summed E-state index contributed by atoms with van der Waals surface area (Å²) in [5.74, 6) is 6.58. The SMILES string of the molecule is CCOc1ccc(C(O)C#Cc2cccs2)cc1. The second-order valence-electron chi connectivity index (χ2n) is 3.65. The molecule has 0 spiro atoms. The molecule has 3 heteroatoms. The number of hydrogen-bond donors (Lipinski definition) is 1. The van der Waals surface area contributed by atoms with Crippen LogP contribution in [0.2, 0.25) is 0 Å². The molecule has 0 fully saturated rings. The van der Waals surface area contributed by atoms with E-state index in [1.54, 1.807) is 11.3 Å². The molecule has 2 nitrogen and oxygen atoms in total. The van der Waals surface area contributed by atoms with Crippen LogP contribution in [-0.4, -0.2) is 11.7 Å². The molecule has 0 saturated heterocycles. The maximum atomic E-state index is 9.93. The third-order valence-electron chi connectivity index (χ3n) is 2.36. The molecule has 18 heavy (non-hydrogen) atoms. The van der Waals surface area contributed by atoms with E-state index in [4.69, 9.17) is 4.74 Å². The number of thiophene rings is 1. The van der Waals surface area contributed by atoms with Crippen LogP contribution in [0, 0.1) is 11.8 Å². The van der Waals surface area contributed by atoms with Crippen molar-refractivity contribution in [2.45, 2.75) is 13.0 Å². The van der Waals surface area contributed by atoms with Gasteiger partial charge in [-0.2, -0.15) is 0 Å². The lowest BCUT2D eigenvalue weighted by molar-refractivity contribution is 0.238. The van der Waals surface area contributed by atoms with Crippen LogP contribution >= 0.6 is 11.3 Å². The van der Waals surface area contributed by atoms with Gasteiger partial charge in [-0.25, -0.2) is 0 Å². The molecule has 1 unspecified atom stereocenters. The van der Waals surface area contributed by atoms with Gasteiger partial charge in [0.2, 0.25) is 0 Å². The fraction of sp³-hybridized carbons (Fsp3) is 0.200.